The zero-order valence-electron chi connectivity index (χ0n) is 10.6. The zero-order chi connectivity index (χ0) is 14.0. The fourth-order valence-electron chi connectivity index (χ4n) is 1.60. The number of aliphatic carboxylic acids is 1. The molecule has 0 aromatic heterocycles. The van der Waals surface area contributed by atoms with Crippen molar-refractivity contribution >= 4 is 21.7 Å². The second-order valence-corrected chi connectivity index (χ2v) is 6.19. The van der Waals surface area contributed by atoms with E-state index in [1.54, 1.807) is 38.1 Å². The molecule has 5 nitrogen and oxygen atoms in total. The number of sulfonamides is 1. The highest BCUT2D eigenvalue weighted by molar-refractivity contribution is 7.92. The van der Waals surface area contributed by atoms with Crippen LogP contribution in [0.3, 0.4) is 0 Å². The van der Waals surface area contributed by atoms with Crippen LogP contribution in [0.4, 0.5) is 5.69 Å². The van der Waals surface area contributed by atoms with E-state index >= 15 is 0 Å². The summed E-state index contributed by atoms with van der Waals surface area (Å²) in [5.74, 6) is -0.895. The maximum Gasteiger partial charge on any atom is 0.313 e. The first kappa shape index (κ1) is 14.5. The standard InChI is InChI=1S/C12H17NO4S/c1-4-12(2,11(14)15)9-5-7-10(8-6-9)13-18(3,16)17/h5-8,13H,4H2,1-3H3,(H,14,15). The van der Waals surface area contributed by atoms with Crippen molar-refractivity contribution in [3.8, 4) is 0 Å². The van der Waals surface area contributed by atoms with Gasteiger partial charge < -0.3 is 5.11 Å². The number of carbonyl (C=O) groups is 1. The van der Waals surface area contributed by atoms with Gasteiger partial charge in [-0.3, -0.25) is 9.52 Å². The summed E-state index contributed by atoms with van der Waals surface area (Å²) in [5.41, 5.74) is 0.116. The van der Waals surface area contributed by atoms with Crippen LogP contribution in [-0.4, -0.2) is 25.7 Å². The van der Waals surface area contributed by atoms with Gasteiger partial charge in [-0.1, -0.05) is 19.1 Å². The molecule has 1 aromatic carbocycles. The van der Waals surface area contributed by atoms with Crippen LogP contribution in [0.5, 0.6) is 0 Å². The molecule has 1 aromatic rings. The van der Waals surface area contributed by atoms with Crippen molar-refractivity contribution in [3.05, 3.63) is 29.8 Å². The summed E-state index contributed by atoms with van der Waals surface area (Å²) in [4.78, 5) is 11.3. The monoisotopic (exact) mass is 271 g/mol. The molecule has 0 heterocycles. The fraction of sp³-hybridized carbons (Fsp3) is 0.417. The normalized spacial score (nSPS) is 14.8. The quantitative estimate of drug-likeness (QED) is 0.855. The van der Waals surface area contributed by atoms with Crippen molar-refractivity contribution in [1.29, 1.82) is 0 Å². The molecule has 2 N–H and O–H groups in total. The van der Waals surface area contributed by atoms with Crippen LogP contribution in [0.1, 0.15) is 25.8 Å². The van der Waals surface area contributed by atoms with Crippen LogP contribution in [-0.2, 0) is 20.2 Å². The minimum Gasteiger partial charge on any atom is -0.481 e. The Labute approximate surface area is 107 Å². The number of benzene rings is 1. The third kappa shape index (κ3) is 3.22. The molecule has 0 radical (unpaired) electrons. The van der Waals surface area contributed by atoms with Gasteiger partial charge in [-0.15, -0.1) is 0 Å². The van der Waals surface area contributed by atoms with Crippen molar-refractivity contribution in [3.63, 3.8) is 0 Å². The molecule has 0 aliphatic carbocycles. The van der Waals surface area contributed by atoms with Gasteiger partial charge >= 0.3 is 5.97 Å². The van der Waals surface area contributed by atoms with E-state index in [9.17, 15) is 18.3 Å². The van der Waals surface area contributed by atoms with Crippen molar-refractivity contribution in [2.75, 3.05) is 11.0 Å². The van der Waals surface area contributed by atoms with E-state index in [1.807, 2.05) is 0 Å². The molecule has 0 aliphatic heterocycles. The smallest absolute Gasteiger partial charge is 0.313 e. The number of anilines is 1. The van der Waals surface area contributed by atoms with E-state index in [0.29, 0.717) is 17.7 Å². The molecule has 6 heteroatoms. The van der Waals surface area contributed by atoms with Gasteiger partial charge in [0, 0.05) is 5.69 Å². The molecular weight excluding hydrogens is 254 g/mol. The number of nitrogens with one attached hydrogen (secondary N) is 1. The maximum atomic E-state index is 11.3. The predicted molar refractivity (Wildman–Crippen MR) is 70.2 cm³/mol. The number of hydrogen-bond donors (Lipinski definition) is 2. The second kappa shape index (κ2) is 4.97. The van der Waals surface area contributed by atoms with Gasteiger partial charge in [0.25, 0.3) is 0 Å². The zero-order valence-corrected chi connectivity index (χ0v) is 11.4. The molecule has 18 heavy (non-hydrogen) atoms. The molecule has 0 saturated carbocycles. The lowest BCUT2D eigenvalue weighted by Gasteiger charge is -2.23. The van der Waals surface area contributed by atoms with Gasteiger partial charge in [0.15, 0.2) is 0 Å². The fourth-order valence-corrected chi connectivity index (χ4v) is 2.16. The molecule has 0 fully saturated rings. The van der Waals surface area contributed by atoms with Crippen molar-refractivity contribution < 1.29 is 18.3 Å². The minimum absolute atomic E-state index is 0.421. The number of carboxylic acids is 1. The molecular formula is C12H17NO4S. The van der Waals surface area contributed by atoms with E-state index in [0.717, 1.165) is 6.26 Å². The van der Waals surface area contributed by atoms with E-state index in [-0.39, 0.29) is 0 Å². The van der Waals surface area contributed by atoms with E-state index in [1.165, 1.54) is 0 Å². The highest BCUT2D eigenvalue weighted by Crippen LogP contribution is 2.28. The highest BCUT2D eigenvalue weighted by Gasteiger charge is 2.32. The molecule has 0 aliphatic rings. The molecule has 0 amide bonds. The summed E-state index contributed by atoms with van der Waals surface area (Å²) < 4.78 is 24.4. The van der Waals surface area contributed by atoms with Crippen LogP contribution in [0.25, 0.3) is 0 Å². The number of carboxylic acid groups (broad SMARTS) is 1. The summed E-state index contributed by atoms with van der Waals surface area (Å²) in [6, 6.07) is 6.39. The van der Waals surface area contributed by atoms with Gasteiger partial charge in [-0.25, -0.2) is 8.42 Å². The van der Waals surface area contributed by atoms with Crippen LogP contribution in [0.15, 0.2) is 24.3 Å². The topological polar surface area (TPSA) is 83.5 Å². The first-order valence-electron chi connectivity index (χ1n) is 5.51. The molecule has 1 atom stereocenters. The summed E-state index contributed by atoms with van der Waals surface area (Å²) in [6.07, 6.45) is 1.52. The summed E-state index contributed by atoms with van der Waals surface area (Å²) in [5, 5.41) is 9.23. The van der Waals surface area contributed by atoms with Gasteiger partial charge in [0.05, 0.1) is 11.7 Å². The van der Waals surface area contributed by atoms with E-state index in [2.05, 4.69) is 4.72 Å². The highest BCUT2D eigenvalue weighted by atomic mass is 32.2. The van der Waals surface area contributed by atoms with Gasteiger partial charge in [-0.05, 0) is 31.0 Å². The van der Waals surface area contributed by atoms with Crippen LogP contribution in [0.2, 0.25) is 0 Å². The molecule has 0 bridgehead atoms. The van der Waals surface area contributed by atoms with Crippen molar-refractivity contribution in [1.82, 2.24) is 0 Å². The Morgan fingerprint density at radius 3 is 2.17 bits per heavy atom. The SMILES string of the molecule is CCC(C)(C(=O)O)c1ccc(NS(C)(=O)=O)cc1. The van der Waals surface area contributed by atoms with Crippen molar-refractivity contribution in [2.45, 2.75) is 25.7 Å². The van der Waals surface area contributed by atoms with Gasteiger partial charge in [0.1, 0.15) is 0 Å². The molecule has 1 unspecified atom stereocenters. The Morgan fingerprint density at radius 1 is 1.33 bits per heavy atom. The van der Waals surface area contributed by atoms with E-state index < -0.39 is 21.4 Å². The molecule has 0 spiro atoms. The Balaban J connectivity index is 3.06. The summed E-state index contributed by atoms with van der Waals surface area (Å²) in [6.45, 7) is 3.45. The first-order valence-corrected chi connectivity index (χ1v) is 7.40. The maximum absolute atomic E-state index is 11.3. The summed E-state index contributed by atoms with van der Waals surface area (Å²) in [7, 11) is -3.31. The Morgan fingerprint density at radius 2 is 1.83 bits per heavy atom. The van der Waals surface area contributed by atoms with Crippen LogP contribution < -0.4 is 4.72 Å². The van der Waals surface area contributed by atoms with Gasteiger partial charge in [0.2, 0.25) is 10.0 Å². The van der Waals surface area contributed by atoms with Crippen LogP contribution >= 0.6 is 0 Å². The molecule has 100 valence electrons. The third-order valence-electron chi connectivity index (χ3n) is 3.00. The average molecular weight is 271 g/mol. The Bertz CT molecular complexity index is 536. The second-order valence-electron chi connectivity index (χ2n) is 4.44. The number of rotatable bonds is 5. The Hall–Kier alpha value is -1.56. The summed E-state index contributed by atoms with van der Waals surface area (Å²) >= 11 is 0. The Kier molecular flexibility index (Phi) is 4.01. The molecule has 1 rings (SSSR count). The lowest BCUT2D eigenvalue weighted by Crippen LogP contribution is -2.31. The lowest BCUT2D eigenvalue weighted by atomic mass is 9.80. The number of hydrogen-bond acceptors (Lipinski definition) is 3. The average Bonchev–Trinajstić information content (AvgIpc) is 2.26. The lowest BCUT2D eigenvalue weighted by molar-refractivity contribution is -0.143. The van der Waals surface area contributed by atoms with Crippen molar-refractivity contribution in [2.24, 2.45) is 0 Å². The minimum atomic E-state index is -3.31. The largest absolute Gasteiger partial charge is 0.481 e. The van der Waals surface area contributed by atoms with E-state index in [4.69, 9.17) is 0 Å². The van der Waals surface area contributed by atoms with Crippen LogP contribution in [0, 0.1) is 0 Å². The molecule has 0 saturated heterocycles. The first-order chi connectivity index (χ1) is 8.19. The third-order valence-corrected chi connectivity index (χ3v) is 3.61. The van der Waals surface area contributed by atoms with Gasteiger partial charge in [-0.2, -0.15) is 0 Å². The predicted octanol–water partition coefficient (Wildman–Crippen LogP) is 1.81.